The fourth-order valence-corrected chi connectivity index (χ4v) is 2.35. The van der Waals surface area contributed by atoms with E-state index in [1.165, 1.54) is 0 Å². The number of fused-ring (bicyclic) bond motifs is 1. The van der Waals surface area contributed by atoms with E-state index in [4.69, 9.17) is 4.74 Å². The van der Waals surface area contributed by atoms with Gasteiger partial charge in [-0.2, -0.15) is 0 Å². The van der Waals surface area contributed by atoms with Crippen molar-refractivity contribution in [1.29, 1.82) is 0 Å². The van der Waals surface area contributed by atoms with E-state index in [9.17, 15) is 5.11 Å². The molecular weight excluding hydrogens is 216 g/mol. The van der Waals surface area contributed by atoms with E-state index < -0.39 is 0 Å². The second-order valence-corrected chi connectivity index (χ2v) is 4.85. The van der Waals surface area contributed by atoms with Crippen LogP contribution < -0.4 is 0 Å². The molecule has 1 aliphatic heterocycles. The van der Waals surface area contributed by atoms with Crippen molar-refractivity contribution in [2.24, 2.45) is 7.05 Å². The van der Waals surface area contributed by atoms with E-state index in [2.05, 4.69) is 27.8 Å². The number of rotatable bonds is 2. The van der Waals surface area contributed by atoms with E-state index in [-0.39, 0.29) is 12.0 Å². The number of aryl methyl sites for hydroxylation is 2. The maximum atomic E-state index is 9.52. The first-order valence-corrected chi connectivity index (χ1v) is 5.78. The minimum absolute atomic E-state index is 0.129. The summed E-state index contributed by atoms with van der Waals surface area (Å²) in [6.07, 6.45) is 0. The molecule has 0 spiro atoms. The lowest BCUT2D eigenvalue weighted by molar-refractivity contribution is -0.0841. The van der Waals surface area contributed by atoms with Gasteiger partial charge in [0.15, 0.2) is 0 Å². The van der Waals surface area contributed by atoms with Crippen molar-refractivity contribution in [1.82, 2.24) is 9.55 Å². The molecule has 0 radical (unpaired) electrons. The van der Waals surface area contributed by atoms with Crippen LogP contribution in [0.25, 0.3) is 11.0 Å². The predicted molar refractivity (Wildman–Crippen MR) is 65.0 cm³/mol. The van der Waals surface area contributed by atoms with Crippen molar-refractivity contribution in [3.63, 3.8) is 0 Å². The summed E-state index contributed by atoms with van der Waals surface area (Å²) in [7, 11) is 2.01. The molecule has 0 saturated carbocycles. The van der Waals surface area contributed by atoms with Crippen molar-refractivity contribution in [3.8, 4) is 0 Å². The SMILES string of the molecule is Cc1nc2cc(C3(CO)COC3)ccc2n1C. The van der Waals surface area contributed by atoms with Gasteiger partial charge in [0.1, 0.15) is 5.82 Å². The van der Waals surface area contributed by atoms with E-state index in [0.29, 0.717) is 13.2 Å². The Morgan fingerprint density at radius 1 is 1.47 bits per heavy atom. The van der Waals surface area contributed by atoms with Gasteiger partial charge in [-0.25, -0.2) is 4.98 Å². The van der Waals surface area contributed by atoms with Crippen LogP contribution in [0.3, 0.4) is 0 Å². The number of hydrogen-bond acceptors (Lipinski definition) is 3. The van der Waals surface area contributed by atoms with E-state index in [1.54, 1.807) is 0 Å². The molecule has 0 bridgehead atoms. The van der Waals surface area contributed by atoms with Crippen molar-refractivity contribution in [2.45, 2.75) is 12.3 Å². The highest BCUT2D eigenvalue weighted by atomic mass is 16.5. The van der Waals surface area contributed by atoms with Crippen molar-refractivity contribution in [3.05, 3.63) is 29.6 Å². The zero-order chi connectivity index (χ0) is 12.0. The molecule has 1 saturated heterocycles. The van der Waals surface area contributed by atoms with Gasteiger partial charge in [0.05, 0.1) is 36.3 Å². The predicted octanol–water partition coefficient (Wildman–Crippen LogP) is 1.14. The Balaban J connectivity index is 2.13. The third kappa shape index (κ3) is 1.41. The summed E-state index contributed by atoms with van der Waals surface area (Å²) in [4.78, 5) is 4.52. The minimum atomic E-state index is -0.209. The summed E-state index contributed by atoms with van der Waals surface area (Å²) in [6, 6.07) is 6.21. The van der Waals surface area contributed by atoms with E-state index in [0.717, 1.165) is 22.4 Å². The summed E-state index contributed by atoms with van der Waals surface area (Å²) in [5.74, 6) is 1.00. The van der Waals surface area contributed by atoms with Gasteiger partial charge in [0, 0.05) is 7.05 Å². The average Bonchev–Trinajstić information content (AvgIpc) is 2.54. The van der Waals surface area contributed by atoms with Crippen LogP contribution in [0.1, 0.15) is 11.4 Å². The molecule has 1 aromatic heterocycles. The van der Waals surface area contributed by atoms with Gasteiger partial charge in [-0.15, -0.1) is 0 Å². The van der Waals surface area contributed by atoms with Crippen LogP contribution >= 0.6 is 0 Å². The molecule has 1 fully saturated rings. The topological polar surface area (TPSA) is 47.3 Å². The number of benzene rings is 1. The monoisotopic (exact) mass is 232 g/mol. The van der Waals surface area contributed by atoms with Crippen LogP contribution in [0.2, 0.25) is 0 Å². The lowest BCUT2D eigenvalue weighted by atomic mass is 9.79. The smallest absolute Gasteiger partial charge is 0.106 e. The fraction of sp³-hybridized carbons (Fsp3) is 0.462. The number of aliphatic hydroxyl groups is 1. The second-order valence-electron chi connectivity index (χ2n) is 4.85. The van der Waals surface area contributed by atoms with E-state index >= 15 is 0 Å². The van der Waals surface area contributed by atoms with Gasteiger partial charge in [0.25, 0.3) is 0 Å². The maximum absolute atomic E-state index is 9.52. The number of aromatic nitrogens is 2. The van der Waals surface area contributed by atoms with Gasteiger partial charge >= 0.3 is 0 Å². The molecule has 0 unspecified atom stereocenters. The van der Waals surface area contributed by atoms with Gasteiger partial charge in [0.2, 0.25) is 0 Å². The normalized spacial score (nSPS) is 18.3. The molecule has 1 aromatic carbocycles. The molecule has 4 heteroatoms. The lowest BCUT2D eigenvalue weighted by Crippen LogP contribution is -2.49. The molecule has 90 valence electrons. The third-order valence-electron chi connectivity index (χ3n) is 3.78. The molecule has 3 rings (SSSR count). The minimum Gasteiger partial charge on any atom is -0.395 e. The molecular formula is C13H16N2O2. The Hall–Kier alpha value is -1.39. The fourth-order valence-electron chi connectivity index (χ4n) is 2.35. The Morgan fingerprint density at radius 2 is 2.24 bits per heavy atom. The van der Waals surface area contributed by atoms with Gasteiger partial charge in [-0.05, 0) is 24.6 Å². The summed E-state index contributed by atoms with van der Waals surface area (Å²) >= 11 is 0. The Kier molecular flexibility index (Phi) is 2.24. The largest absolute Gasteiger partial charge is 0.395 e. The van der Waals surface area contributed by atoms with Gasteiger partial charge in [-0.1, -0.05) is 6.07 Å². The summed E-state index contributed by atoms with van der Waals surface area (Å²) in [5.41, 5.74) is 3.03. The van der Waals surface area contributed by atoms with Crippen molar-refractivity contribution < 1.29 is 9.84 Å². The van der Waals surface area contributed by atoms with Crippen LogP contribution in [0.15, 0.2) is 18.2 Å². The first kappa shape index (κ1) is 10.7. The van der Waals surface area contributed by atoms with Crippen LogP contribution in [-0.4, -0.2) is 34.5 Å². The van der Waals surface area contributed by atoms with Crippen molar-refractivity contribution >= 4 is 11.0 Å². The number of ether oxygens (including phenoxy) is 1. The highest BCUT2D eigenvalue weighted by Gasteiger charge is 2.40. The summed E-state index contributed by atoms with van der Waals surface area (Å²) < 4.78 is 7.31. The molecule has 1 N–H and O–H groups in total. The molecule has 1 aliphatic rings. The zero-order valence-corrected chi connectivity index (χ0v) is 10.1. The van der Waals surface area contributed by atoms with Crippen LogP contribution in [0.5, 0.6) is 0 Å². The van der Waals surface area contributed by atoms with Crippen molar-refractivity contribution in [2.75, 3.05) is 19.8 Å². The standard InChI is InChI=1S/C13H16N2O2/c1-9-14-11-5-10(3-4-12(11)15(9)2)13(6-16)7-17-8-13/h3-5,16H,6-8H2,1-2H3. The number of nitrogens with zero attached hydrogens (tertiary/aromatic N) is 2. The molecule has 0 atom stereocenters. The summed E-state index contributed by atoms with van der Waals surface area (Å²) in [5, 5.41) is 9.52. The number of aliphatic hydroxyl groups excluding tert-OH is 1. The number of imidazole rings is 1. The summed E-state index contributed by atoms with van der Waals surface area (Å²) in [6.45, 7) is 3.32. The second kappa shape index (κ2) is 3.55. The maximum Gasteiger partial charge on any atom is 0.106 e. The molecule has 0 amide bonds. The average molecular weight is 232 g/mol. The lowest BCUT2D eigenvalue weighted by Gasteiger charge is -2.40. The molecule has 4 nitrogen and oxygen atoms in total. The Bertz CT molecular complexity index is 565. The molecule has 2 aromatic rings. The first-order valence-electron chi connectivity index (χ1n) is 5.78. The molecule has 17 heavy (non-hydrogen) atoms. The van der Waals surface area contributed by atoms with Crippen LogP contribution in [-0.2, 0) is 17.2 Å². The zero-order valence-electron chi connectivity index (χ0n) is 10.1. The number of hydrogen-bond donors (Lipinski definition) is 1. The van der Waals surface area contributed by atoms with Gasteiger partial charge < -0.3 is 14.4 Å². The molecule has 2 heterocycles. The van der Waals surface area contributed by atoms with Crippen LogP contribution in [0, 0.1) is 6.92 Å². The first-order chi connectivity index (χ1) is 8.16. The highest BCUT2D eigenvalue weighted by molar-refractivity contribution is 5.77. The van der Waals surface area contributed by atoms with Gasteiger partial charge in [-0.3, -0.25) is 0 Å². The van der Waals surface area contributed by atoms with Crippen LogP contribution in [0.4, 0.5) is 0 Å². The Morgan fingerprint density at radius 3 is 2.82 bits per heavy atom. The quantitative estimate of drug-likeness (QED) is 0.844. The Labute approximate surface area is 99.8 Å². The highest BCUT2D eigenvalue weighted by Crippen LogP contribution is 2.33. The third-order valence-corrected chi connectivity index (χ3v) is 3.78. The van der Waals surface area contributed by atoms with E-state index in [1.807, 2.05) is 14.0 Å². The molecule has 0 aliphatic carbocycles.